The van der Waals surface area contributed by atoms with E-state index in [2.05, 4.69) is 45.4 Å². The molecule has 2 aliphatic heterocycles. The van der Waals surface area contributed by atoms with Gasteiger partial charge in [-0.2, -0.15) is 5.10 Å². The van der Waals surface area contributed by atoms with E-state index >= 15 is 0 Å². The SMILES string of the molecule is CNc1ncc(CN2CCCC(CN3CC(C(C)C)C=N3)C2)s1. The van der Waals surface area contributed by atoms with Crippen LogP contribution in [0.2, 0.25) is 0 Å². The molecule has 2 atom stereocenters. The number of piperidine rings is 1. The van der Waals surface area contributed by atoms with Crippen LogP contribution < -0.4 is 5.32 Å². The Hall–Kier alpha value is -1.14. The van der Waals surface area contributed by atoms with Gasteiger partial charge in [-0.25, -0.2) is 4.98 Å². The summed E-state index contributed by atoms with van der Waals surface area (Å²) in [6, 6.07) is 0. The molecule has 1 N–H and O–H groups in total. The fraction of sp³-hybridized carbons (Fsp3) is 0.765. The summed E-state index contributed by atoms with van der Waals surface area (Å²) in [6.45, 7) is 10.2. The van der Waals surface area contributed by atoms with Crippen molar-refractivity contribution in [1.29, 1.82) is 0 Å². The first-order valence-corrected chi connectivity index (χ1v) is 9.59. The maximum atomic E-state index is 4.63. The van der Waals surface area contributed by atoms with Crippen LogP contribution in [0.3, 0.4) is 0 Å². The van der Waals surface area contributed by atoms with Gasteiger partial charge < -0.3 is 5.32 Å². The molecule has 23 heavy (non-hydrogen) atoms. The normalized spacial score (nSPS) is 25.5. The molecule has 128 valence electrons. The van der Waals surface area contributed by atoms with Crippen molar-refractivity contribution in [1.82, 2.24) is 14.9 Å². The minimum Gasteiger partial charge on any atom is -0.365 e. The standard InChI is InChI=1S/C17H29N5S/c1-13(2)15-7-20-22(11-15)10-14-5-4-6-21(9-14)12-16-8-19-17(18-3)23-16/h7-8,13-15H,4-6,9-12H2,1-3H3,(H,18,19). The van der Waals surface area contributed by atoms with Gasteiger partial charge in [0, 0.05) is 56.4 Å². The number of anilines is 1. The molecule has 2 aliphatic rings. The first-order chi connectivity index (χ1) is 11.1. The van der Waals surface area contributed by atoms with Crippen LogP contribution in [0.25, 0.3) is 0 Å². The number of thiazole rings is 1. The first-order valence-electron chi connectivity index (χ1n) is 8.78. The predicted molar refractivity (Wildman–Crippen MR) is 98.1 cm³/mol. The van der Waals surface area contributed by atoms with Gasteiger partial charge in [-0.3, -0.25) is 9.91 Å². The van der Waals surface area contributed by atoms with Crippen molar-refractivity contribution in [3.63, 3.8) is 0 Å². The average Bonchev–Trinajstić information content (AvgIpc) is 3.17. The van der Waals surface area contributed by atoms with E-state index in [4.69, 9.17) is 0 Å². The monoisotopic (exact) mass is 335 g/mol. The Morgan fingerprint density at radius 2 is 2.26 bits per heavy atom. The lowest BCUT2D eigenvalue weighted by Gasteiger charge is -2.34. The van der Waals surface area contributed by atoms with E-state index in [0.717, 1.165) is 30.7 Å². The maximum Gasteiger partial charge on any atom is 0.182 e. The lowest BCUT2D eigenvalue weighted by molar-refractivity contribution is 0.130. The summed E-state index contributed by atoms with van der Waals surface area (Å²) in [6.07, 6.45) is 6.80. The summed E-state index contributed by atoms with van der Waals surface area (Å²) < 4.78 is 0. The number of hydrazone groups is 1. The largest absolute Gasteiger partial charge is 0.365 e. The Balaban J connectivity index is 1.48. The van der Waals surface area contributed by atoms with Crippen molar-refractivity contribution >= 4 is 22.7 Å². The number of rotatable bonds is 6. The molecule has 2 unspecified atom stereocenters. The summed E-state index contributed by atoms with van der Waals surface area (Å²) in [4.78, 5) is 8.32. The third-order valence-corrected chi connectivity index (χ3v) is 5.92. The molecule has 0 saturated carbocycles. The van der Waals surface area contributed by atoms with Gasteiger partial charge in [0.25, 0.3) is 0 Å². The molecule has 6 heteroatoms. The molecule has 0 bridgehead atoms. The smallest absolute Gasteiger partial charge is 0.182 e. The van der Waals surface area contributed by atoms with Crippen LogP contribution in [-0.4, -0.2) is 54.3 Å². The van der Waals surface area contributed by atoms with Crippen molar-refractivity contribution < 1.29 is 0 Å². The molecule has 1 fully saturated rings. The van der Waals surface area contributed by atoms with Gasteiger partial charge in [-0.15, -0.1) is 11.3 Å². The maximum absolute atomic E-state index is 4.63. The second-order valence-corrected chi connectivity index (χ2v) is 8.28. The zero-order valence-electron chi connectivity index (χ0n) is 14.5. The minimum atomic E-state index is 0.631. The van der Waals surface area contributed by atoms with Gasteiger partial charge in [0.1, 0.15) is 0 Å². The Labute approximate surface area is 143 Å². The van der Waals surface area contributed by atoms with Crippen LogP contribution in [0, 0.1) is 17.8 Å². The number of aromatic nitrogens is 1. The molecule has 0 spiro atoms. The lowest BCUT2D eigenvalue weighted by Crippen LogP contribution is -2.39. The van der Waals surface area contributed by atoms with Crippen molar-refractivity contribution in [2.24, 2.45) is 22.9 Å². The molecule has 3 rings (SSSR count). The molecule has 5 nitrogen and oxygen atoms in total. The Kier molecular flexibility index (Phi) is 5.54. The van der Waals surface area contributed by atoms with Crippen LogP contribution in [0.1, 0.15) is 31.6 Å². The second-order valence-electron chi connectivity index (χ2n) is 7.17. The van der Waals surface area contributed by atoms with E-state index in [-0.39, 0.29) is 0 Å². The number of hydrogen-bond acceptors (Lipinski definition) is 6. The molecule has 0 aromatic carbocycles. The molecule has 0 radical (unpaired) electrons. The predicted octanol–water partition coefficient (Wildman–Crippen LogP) is 2.97. The van der Waals surface area contributed by atoms with Crippen molar-refractivity contribution in [3.05, 3.63) is 11.1 Å². The fourth-order valence-electron chi connectivity index (χ4n) is 3.48. The fourth-order valence-corrected chi connectivity index (χ4v) is 4.29. The molecule has 0 aliphatic carbocycles. The number of nitrogens with one attached hydrogen (secondary N) is 1. The van der Waals surface area contributed by atoms with E-state index < -0.39 is 0 Å². The topological polar surface area (TPSA) is 43.8 Å². The van der Waals surface area contributed by atoms with E-state index in [1.807, 2.05) is 13.2 Å². The summed E-state index contributed by atoms with van der Waals surface area (Å²) in [5.74, 6) is 2.06. The van der Waals surface area contributed by atoms with Crippen LogP contribution in [0.5, 0.6) is 0 Å². The summed E-state index contributed by atoms with van der Waals surface area (Å²) in [5, 5.41) is 11.1. The van der Waals surface area contributed by atoms with Gasteiger partial charge in [-0.1, -0.05) is 13.8 Å². The van der Waals surface area contributed by atoms with Crippen LogP contribution in [0.15, 0.2) is 11.3 Å². The van der Waals surface area contributed by atoms with Crippen LogP contribution >= 0.6 is 11.3 Å². The Morgan fingerprint density at radius 3 is 2.96 bits per heavy atom. The molecular formula is C17H29N5S. The average molecular weight is 336 g/mol. The number of nitrogens with zero attached hydrogens (tertiary/aromatic N) is 4. The third-order valence-electron chi connectivity index (χ3n) is 4.92. The van der Waals surface area contributed by atoms with Crippen molar-refractivity contribution in [2.75, 3.05) is 38.5 Å². The minimum absolute atomic E-state index is 0.631. The Bertz CT molecular complexity index is 527. The first kappa shape index (κ1) is 16.7. The third kappa shape index (κ3) is 4.44. The Morgan fingerprint density at radius 1 is 1.39 bits per heavy atom. The summed E-state index contributed by atoms with van der Waals surface area (Å²) in [5.41, 5.74) is 0. The van der Waals surface area contributed by atoms with E-state index in [1.165, 1.54) is 30.8 Å². The highest BCUT2D eigenvalue weighted by Crippen LogP contribution is 2.25. The number of hydrogen-bond donors (Lipinski definition) is 1. The van der Waals surface area contributed by atoms with Gasteiger partial charge in [0.05, 0.1) is 0 Å². The van der Waals surface area contributed by atoms with Gasteiger partial charge in [-0.05, 0) is 31.2 Å². The van der Waals surface area contributed by atoms with Gasteiger partial charge >= 0.3 is 0 Å². The van der Waals surface area contributed by atoms with Crippen molar-refractivity contribution in [2.45, 2.75) is 33.2 Å². The summed E-state index contributed by atoms with van der Waals surface area (Å²) >= 11 is 1.77. The van der Waals surface area contributed by atoms with Gasteiger partial charge in [0.2, 0.25) is 0 Å². The van der Waals surface area contributed by atoms with E-state index in [9.17, 15) is 0 Å². The quantitative estimate of drug-likeness (QED) is 0.868. The highest BCUT2D eigenvalue weighted by atomic mass is 32.1. The molecule has 1 aromatic heterocycles. The van der Waals surface area contributed by atoms with Crippen molar-refractivity contribution in [3.8, 4) is 0 Å². The highest BCUT2D eigenvalue weighted by Gasteiger charge is 2.26. The van der Waals surface area contributed by atoms with Gasteiger partial charge in [0.15, 0.2) is 5.13 Å². The lowest BCUT2D eigenvalue weighted by atomic mass is 9.96. The molecule has 1 aromatic rings. The zero-order valence-corrected chi connectivity index (χ0v) is 15.4. The highest BCUT2D eigenvalue weighted by molar-refractivity contribution is 7.15. The molecular weight excluding hydrogens is 306 g/mol. The summed E-state index contributed by atoms with van der Waals surface area (Å²) in [7, 11) is 1.93. The van der Waals surface area contributed by atoms with E-state index in [0.29, 0.717) is 11.8 Å². The molecule has 1 saturated heterocycles. The van der Waals surface area contributed by atoms with E-state index in [1.54, 1.807) is 11.3 Å². The second kappa shape index (κ2) is 7.62. The zero-order chi connectivity index (χ0) is 16.2. The molecule has 0 amide bonds. The number of likely N-dealkylation sites (tertiary alicyclic amines) is 1. The van der Waals surface area contributed by atoms with Crippen LogP contribution in [-0.2, 0) is 6.54 Å². The molecule has 3 heterocycles. The van der Waals surface area contributed by atoms with Crippen LogP contribution in [0.4, 0.5) is 5.13 Å².